The highest BCUT2D eigenvalue weighted by Gasteiger charge is 2.52. The molecule has 3 amide bonds. The zero-order valence-corrected chi connectivity index (χ0v) is 10.7. The number of nitrogens with two attached hydrogens (primary N) is 1. The minimum Gasteiger partial charge on any atom is -0.390 e. The van der Waals surface area contributed by atoms with E-state index >= 15 is 0 Å². The first-order valence-electron chi connectivity index (χ1n) is 6.51. The lowest BCUT2D eigenvalue weighted by Gasteiger charge is -2.33. The first-order chi connectivity index (χ1) is 8.48. The Bertz CT molecular complexity index is 350. The lowest BCUT2D eigenvalue weighted by molar-refractivity contribution is -0.133. The zero-order valence-electron chi connectivity index (χ0n) is 10.7. The van der Waals surface area contributed by atoms with Crippen molar-refractivity contribution in [1.29, 1.82) is 0 Å². The van der Waals surface area contributed by atoms with Gasteiger partial charge in [-0.25, -0.2) is 4.79 Å². The second kappa shape index (κ2) is 4.85. The maximum Gasteiger partial charge on any atom is 0.325 e. The van der Waals surface area contributed by atoms with Gasteiger partial charge in [-0.15, -0.1) is 0 Å². The molecule has 6 nitrogen and oxygen atoms in total. The summed E-state index contributed by atoms with van der Waals surface area (Å²) >= 11 is 0. The number of aliphatic hydroxyl groups is 1. The summed E-state index contributed by atoms with van der Waals surface area (Å²) in [5, 5.41) is 12.3. The second-order valence-corrected chi connectivity index (χ2v) is 5.50. The van der Waals surface area contributed by atoms with Crippen LogP contribution in [0.4, 0.5) is 4.79 Å². The third kappa shape index (κ3) is 2.22. The van der Waals surface area contributed by atoms with E-state index in [4.69, 9.17) is 5.73 Å². The van der Waals surface area contributed by atoms with E-state index in [0.717, 1.165) is 17.7 Å². The first-order valence-corrected chi connectivity index (χ1v) is 6.51. The molecule has 0 bridgehead atoms. The Morgan fingerprint density at radius 2 is 2.11 bits per heavy atom. The molecule has 1 aliphatic carbocycles. The van der Waals surface area contributed by atoms with E-state index in [1.807, 2.05) is 0 Å². The van der Waals surface area contributed by atoms with Crippen molar-refractivity contribution in [3.8, 4) is 0 Å². The Morgan fingerprint density at radius 1 is 1.50 bits per heavy atom. The molecule has 1 atom stereocenters. The maximum atomic E-state index is 12.3. The second-order valence-electron chi connectivity index (χ2n) is 5.50. The molecule has 2 rings (SSSR count). The standard InChI is InChI=1S/C12H21N3O3/c1-8-2-4-12(5-3-8)10(17)15(11(18)14-12)7-9(16)6-13/h8-9,16H,2-7,13H2,1H3,(H,14,18). The van der Waals surface area contributed by atoms with Crippen molar-refractivity contribution in [3.63, 3.8) is 0 Å². The highest BCUT2D eigenvalue weighted by molar-refractivity contribution is 6.07. The fraction of sp³-hybridized carbons (Fsp3) is 0.833. The highest BCUT2D eigenvalue weighted by atomic mass is 16.3. The predicted molar refractivity (Wildman–Crippen MR) is 65.7 cm³/mol. The molecule has 0 radical (unpaired) electrons. The Balaban J connectivity index is 2.09. The lowest BCUT2D eigenvalue weighted by Crippen LogP contribution is -2.49. The number of carbonyl (C=O) groups excluding carboxylic acids is 2. The Morgan fingerprint density at radius 3 is 2.67 bits per heavy atom. The van der Waals surface area contributed by atoms with E-state index in [0.29, 0.717) is 18.8 Å². The van der Waals surface area contributed by atoms with Crippen molar-refractivity contribution in [2.45, 2.75) is 44.2 Å². The molecule has 6 heteroatoms. The number of aliphatic hydroxyl groups excluding tert-OH is 1. The van der Waals surface area contributed by atoms with Crippen LogP contribution in [0.15, 0.2) is 0 Å². The van der Waals surface area contributed by atoms with Crippen molar-refractivity contribution in [2.75, 3.05) is 13.1 Å². The molecule has 1 heterocycles. The van der Waals surface area contributed by atoms with Gasteiger partial charge in [-0.1, -0.05) is 6.92 Å². The van der Waals surface area contributed by atoms with Crippen LogP contribution in [0, 0.1) is 5.92 Å². The molecule has 1 aliphatic heterocycles. The largest absolute Gasteiger partial charge is 0.390 e. The summed E-state index contributed by atoms with van der Waals surface area (Å²) in [6.07, 6.45) is 2.41. The highest BCUT2D eigenvalue weighted by Crippen LogP contribution is 2.36. The van der Waals surface area contributed by atoms with Crippen LogP contribution in [0.25, 0.3) is 0 Å². The average molecular weight is 255 g/mol. The number of hydrogen-bond acceptors (Lipinski definition) is 4. The molecule has 1 unspecified atom stereocenters. The summed E-state index contributed by atoms with van der Waals surface area (Å²) in [6.45, 7) is 2.18. The van der Waals surface area contributed by atoms with Gasteiger partial charge in [-0.05, 0) is 31.6 Å². The molecule has 0 aromatic rings. The maximum absolute atomic E-state index is 12.3. The molecule has 4 N–H and O–H groups in total. The molecule has 18 heavy (non-hydrogen) atoms. The molecular weight excluding hydrogens is 234 g/mol. The summed E-state index contributed by atoms with van der Waals surface area (Å²) in [5.41, 5.74) is 4.59. The van der Waals surface area contributed by atoms with Crippen molar-refractivity contribution < 1.29 is 14.7 Å². The third-order valence-corrected chi connectivity index (χ3v) is 4.04. The fourth-order valence-corrected chi connectivity index (χ4v) is 2.72. The summed E-state index contributed by atoms with van der Waals surface area (Å²) < 4.78 is 0. The number of rotatable bonds is 3. The minimum absolute atomic E-state index is 0.0154. The summed E-state index contributed by atoms with van der Waals surface area (Å²) in [4.78, 5) is 25.3. The fourth-order valence-electron chi connectivity index (χ4n) is 2.72. The van der Waals surface area contributed by atoms with Gasteiger partial charge in [-0.2, -0.15) is 0 Å². The van der Waals surface area contributed by atoms with E-state index in [1.165, 1.54) is 0 Å². The van der Waals surface area contributed by atoms with E-state index in [-0.39, 0.29) is 19.0 Å². The van der Waals surface area contributed by atoms with Gasteiger partial charge in [0.15, 0.2) is 0 Å². The topological polar surface area (TPSA) is 95.7 Å². The normalized spacial score (nSPS) is 33.9. The Labute approximate surface area is 107 Å². The summed E-state index contributed by atoms with van der Waals surface area (Å²) in [6, 6.07) is -0.401. The molecule has 102 valence electrons. The van der Waals surface area contributed by atoms with Gasteiger partial charge >= 0.3 is 6.03 Å². The van der Waals surface area contributed by atoms with Gasteiger partial charge < -0.3 is 16.2 Å². The average Bonchev–Trinajstić information content (AvgIpc) is 2.58. The number of imide groups is 1. The Kier molecular flexibility index (Phi) is 3.59. The van der Waals surface area contributed by atoms with E-state index in [1.54, 1.807) is 0 Å². The third-order valence-electron chi connectivity index (χ3n) is 4.04. The number of nitrogens with one attached hydrogen (secondary N) is 1. The quantitative estimate of drug-likeness (QED) is 0.609. The summed E-state index contributed by atoms with van der Waals surface area (Å²) in [7, 11) is 0. The van der Waals surface area contributed by atoms with Crippen LogP contribution in [0.1, 0.15) is 32.6 Å². The Hall–Kier alpha value is -1.14. The van der Waals surface area contributed by atoms with Crippen molar-refractivity contribution in [2.24, 2.45) is 11.7 Å². The van der Waals surface area contributed by atoms with Gasteiger partial charge in [-0.3, -0.25) is 9.69 Å². The van der Waals surface area contributed by atoms with Gasteiger partial charge in [0, 0.05) is 6.54 Å². The smallest absolute Gasteiger partial charge is 0.325 e. The molecule has 2 aliphatic rings. The molecule has 2 fully saturated rings. The van der Waals surface area contributed by atoms with Gasteiger partial charge in [0.2, 0.25) is 0 Å². The van der Waals surface area contributed by atoms with Gasteiger partial charge in [0.25, 0.3) is 5.91 Å². The number of hydrogen-bond donors (Lipinski definition) is 3. The van der Waals surface area contributed by atoms with Crippen LogP contribution in [0.2, 0.25) is 0 Å². The SMILES string of the molecule is CC1CCC2(CC1)NC(=O)N(CC(O)CN)C2=O. The first kappa shape index (κ1) is 13.3. The van der Waals surface area contributed by atoms with Crippen molar-refractivity contribution in [3.05, 3.63) is 0 Å². The van der Waals surface area contributed by atoms with Crippen LogP contribution >= 0.6 is 0 Å². The number of nitrogens with zero attached hydrogens (tertiary/aromatic N) is 1. The van der Waals surface area contributed by atoms with E-state index in [2.05, 4.69) is 12.2 Å². The predicted octanol–water partition coefficient (Wildman–Crippen LogP) is -0.193. The number of amides is 3. The van der Waals surface area contributed by atoms with Gasteiger partial charge in [0.1, 0.15) is 5.54 Å². The molecule has 0 aromatic heterocycles. The van der Waals surface area contributed by atoms with E-state index < -0.39 is 17.7 Å². The molecular formula is C12H21N3O3. The van der Waals surface area contributed by atoms with Crippen molar-refractivity contribution in [1.82, 2.24) is 10.2 Å². The number of β-amino-alcohol motifs (C(OH)–C–C–N with tert-alkyl or cyclic N) is 1. The summed E-state index contributed by atoms with van der Waals surface area (Å²) in [5.74, 6) is 0.399. The van der Waals surface area contributed by atoms with E-state index in [9.17, 15) is 14.7 Å². The van der Waals surface area contributed by atoms with Crippen LogP contribution in [-0.4, -0.2) is 46.7 Å². The monoisotopic (exact) mass is 255 g/mol. The van der Waals surface area contributed by atoms with Crippen LogP contribution in [0.3, 0.4) is 0 Å². The minimum atomic E-state index is -0.850. The molecule has 0 aromatic carbocycles. The van der Waals surface area contributed by atoms with Crippen molar-refractivity contribution >= 4 is 11.9 Å². The van der Waals surface area contributed by atoms with Gasteiger partial charge in [0.05, 0.1) is 12.6 Å². The molecule has 1 spiro atoms. The molecule has 1 saturated heterocycles. The number of carbonyl (C=O) groups is 2. The van der Waals surface area contributed by atoms with Crippen LogP contribution in [-0.2, 0) is 4.79 Å². The van der Waals surface area contributed by atoms with Crippen LogP contribution < -0.4 is 11.1 Å². The molecule has 1 saturated carbocycles. The lowest BCUT2D eigenvalue weighted by atomic mass is 9.77. The van der Waals surface area contributed by atoms with Crippen LogP contribution in [0.5, 0.6) is 0 Å². The zero-order chi connectivity index (χ0) is 13.3. The number of urea groups is 1.